The zero-order chi connectivity index (χ0) is 5.33. The second-order valence-corrected chi connectivity index (χ2v) is 2.14. The smallest absolute Gasteiger partial charge is 0.109 e. The first-order valence-corrected chi connectivity index (χ1v) is 2.39. The second kappa shape index (κ2) is 1.25. The van der Waals surface area contributed by atoms with E-state index in [-0.39, 0.29) is 5.60 Å². The van der Waals surface area contributed by atoms with Crippen LogP contribution in [0.2, 0.25) is 0 Å². The van der Waals surface area contributed by atoms with Gasteiger partial charge in [-0.05, 0) is 19.9 Å². The van der Waals surface area contributed by atoms with Crippen LogP contribution in [-0.2, 0) is 4.74 Å². The standard InChI is InChI=1S/C6H9O/c1-6(2)4-3-5-7-6/h3,5H,1,4H2,2H3. The molecule has 0 aromatic heterocycles. The Balaban J connectivity index is 2.49. The minimum atomic E-state index is -0.167. The summed E-state index contributed by atoms with van der Waals surface area (Å²) < 4.78 is 5.05. The van der Waals surface area contributed by atoms with Crippen molar-refractivity contribution in [2.45, 2.75) is 18.9 Å². The molecule has 1 unspecified atom stereocenters. The third kappa shape index (κ3) is 0.952. The van der Waals surface area contributed by atoms with Gasteiger partial charge in [-0.15, -0.1) is 0 Å². The first-order valence-electron chi connectivity index (χ1n) is 2.39. The van der Waals surface area contributed by atoms with E-state index in [1.807, 2.05) is 13.0 Å². The number of hydrogen-bond acceptors (Lipinski definition) is 1. The summed E-state index contributed by atoms with van der Waals surface area (Å²) in [5.41, 5.74) is -0.167. The van der Waals surface area contributed by atoms with Crippen LogP contribution >= 0.6 is 0 Å². The molecular weight excluding hydrogens is 88.1 g/mol. The summed E-state index contributed by atoms with van der Waals surface area (Å²) in [4.78, 5) is 0. The topological polar surface area (TPSA) is 9.23 Å². The van der Waals surface area contributed by atoms with Crippen LogP contribution in [0.3, 0.4) is 0 Å². The predicted octanol–water partition coefficient (Wildman–Crippen LogP) is 1.51. The highest BCUT2D eigenvalue weighted by Gasteiger charge is 2.19. The highest BCUT2D eigenvalue weighted by atomic mass is 16.5. The Bertz CT molecular complexity index is 82.4. The van der Waals surface area contributed by atoms with Gasteiger partial charge in [0.25, 0.3) is 0 Å². The molecular formula is C6H9O. The molecule has 0 bridgehead atoms. The van der Waals surface area contributed by atoms with Crippen LogP contribution in [0.1, 0.15) is 13.3 Å². The third-order valence-electron chi connectivity index (χ3n) is 0.998. The van der Waals surface area contributed by atoms with Crippen LogP contribution in [0, 0.1) is 6.92 Å². The first-order chi connectivity index (χ1) is 3.21. The van der Waals surface area contributed by atoms with Gasteiger partial charge in [-0.3, -0.25) is 0 Å². The zero-order valence-corrected chi connectivity index (χ0v) is 4.48. The molecule has 1 aliphatic rings. The number of rotatable bonds is 0. The molecule has 0 aromatic carbocycles. The maximum Gasteiger partial charge on any atom is 0.109 e. The van der Waals surface area contributed by atoms with E-state index < -0.39 is 0 Å². The molecule has 0 N–H and O–H groups in total. The highest BCUT2D eigenvalue weighted by Crippen LogP contribution is 2.19. The predicted molar refractivity (Wildman–Crippen MR) is 28.6 cm³/mol. The van der Waals surface area contributed by atoms with Crippen LogP contribution in [0.5, 0.6) is 0 Å². The number of ether oxygens (including phenoxy) is 1. The summed E-state index contributed by atoms with van der Waals surface area (Å²) in [5.74, 6) is 0. The summed E-state index contributed by atoms with van der Waals surface area (Å²) in [5, 5.41) is 0. The van der Waals surface area contributed by atoms with Gasteiger partial charge in [0, 0.05) is 6.42 Å². The average Bonchev–Trinajstić information content (AvgIpc) is 1.84. The van der Waals surface area contributed by atoms with Gasteiger partial charge in [0.05, 0.1) is 6.26 Å². The fraction of sp³-hybridized carbons (Fsp3) is 0.500. The molecule has 1 heterocycles. The maximum absolute atomic E-state index is 5.05. The van der Waals surface area contributed by atoms with Crippen LogP contribution < -0.4 is 0 Å². The first kappa shape index (κ1) is 4.69. The minimum Gasteiger partial charge on any atom is -0.495 e. The summed E-state index contributed by atoms with van der Waals surface area (Å²) in [6.45, 7) is 5.75. The lowest BCUT2D eigenvalue weighted by Gasteiger charge is -2.15. The molecule has 0 saturated carbocycles. The Kier molecular flexibility index (Phi) is 0.841. The highest BCUT2D eigenvalue weighted by molar-refractivity contribution is 4.96. The maximum atomic E-state index is 5.05. The van der Waals surface area contributed by atoms with Crippen LogP contribution in [-0.4, -0.2) is 5.60 Å². The fourth-order valence-electron chi connectivity index (χ4n) is 0.558. The molecule has 1 aliphatic heterocycles. The van der Waals surface area contributed by atoms with Gasteiger partial charge in [-0.2, -0.15) is 0 Å². The molecule has 7 heavy (non-hydrogen) atoms. The molecule has 1 heteroatoms. The normalized spacial score (nSPS) is 24.9. The Morgan fingerprint density at radius 1 is 1.86 bits per heavy atom. The quantitative estimate of drug-likeness (QED) is 0.445. The molecule has 1 atom stereocenters. The van der Waals surface area contributed by atoms with Crippen molar-refractivity contribution in [2.75, 3.05) is 0 Å². The van der Waals surface area contributed by atoms with Crippen molar-refractivity contribution >= 4 is 0 Å². The van der Waals surface area contributed by atoms with E-state index in [1.165, 1.54) is 0 Å². The molecule has 39 valence electrons. The molecule has 0 amide bonds. The molecule has 1 rings (SSSR count). The second-order valence-electron chi connectivity index (χ2n) is 2.14. The molecule has 1 radical (unpaired) electrons. The summed E-state index contributed by atoms with van der Waals surface area (Å²) in [6, 6.07) is 0. The summed E-state index contributed by atoms with van der Waals surface area (Å²) in [7, 11) is 0. The van der Waals surface area contributed by atoms with E-state index in [4.69, 9.17) is 4.74 Å². The third-order valence-corrected chi connectivity index (χ3v) is 0.998. The minimum absolute atomic E-state index is 0.167. The number of hydrogen-bond donors (Lipinski definition) is 0. The van der Waals surface area contributed by atoms with Gasteiger partial charge in [0.1, 0.15) is 5.60 Å². The molecule has 0 fully saturated rings. The molecule has 0 aromatic rings. The van der Waals surface area contributed by atoms with Crippen molar-refractivity contribution in [1.82, 2.24) is 0 Å². The SMILES string of the molecule is [CH2]C1(C)CC=CO1. The van der Waals surface area contributed by atoms with E-state index in [0.717, 1.165) is 6.42 Å². The summed E-state index contributed by atoms with van der Waals surface area (Å²) >= 11 is 0. The van der Waals surface area contributed by atoms with Gasteiger partial charge >= 0.3 is 0 Å². The lowest BCUT2D eigenvalue weighted by atomic mass is 10.1. The average molecular weight is 97.1 g/mol. The lowest BCUT2D eigenvalue weighted by molar-refractivity contribution is 0.109. The van der Waals surface area contributed by atoms with Crippen LogP contribution in [0.4, 0.5) is 0 Å². The van der Waals surface area contributed by atoms with E-state index in [2.05, 4.69) is 6.92 Å². The Morgan fingerprint density at radius 3 is 2.71 bits per heavy atom. The van der Waals surface area contributed by atoms with E-state index in [0.29, 0.717) is 0 Å². The lowest BCUT2D eigenvalue weighted by Crippen LogP contribution is -2.16. The molecule has 0 saturated heterocycles. The monoisotopic (exact) mass is 97.1 g/mol. The van der Waals surface area contributed by atoms with Crippen molar-refractivity contribution < 1.29 is 4.74 Å². The van der Waals surface area contributed by atoms with Gasteiger partial charge in [-0.1, -0.05) is 0 Å². The van der Waals surface area contributed by atoms with Crippen molar-refractivity contribution in [3.8, 4) is 0 Å². The van der Waals surface area contributed by atoms with Crippen molar-refractivity contribution in [3.63, 3.8) is 0 Å². The largest absolute Gasteiger partial charge is 0.495 e. The van der Waals surface area contributed by atoms with Crippen LogP contribution in [0.25, 0.3) is 0 Å². The summed E-state index contributed by atoms with van der Waals surface area (Å²) in [6.07, 6.45) is 4.62. The Labute approximate surface area is 44.0 Å². The molecule has 1 nitrogen and oxygen atoms in total. The van der Waals surface area contributed by atoms with E-state index in [1.54, 1.807) is 6.26 Å². The Hall–Kier alpha value is -0.460. The van der Waals surface area contributed by atoms with Gasteiger partial charge < -0.3 is 4.74 Å². The van der Waals surface area contributed by atoms with Crippen molar-refractivity contribution in [3.05, 3.63) is 19.3 Å². The Morgan fingerprint density at radius 2 is 2.57 bits per heavy atom. The van der Waals surface area contributed by atoms with Gasteiger partial charge in [0.2, 0.25) is 0 Å². The van der Waals surface area contributed by atoms with Crippen LogP contribution in [0.15, 0.2) is 12.3 Å². The van der Waals surface area contributed by atoms with Gasteiger partial charge in [0.15, 0.2) is 0 Å². The fourth-order valence-corrected chi connectivity index (χ4v) is 0.558. The zero-order valence-electron chi connectivity index (χ0n) is 4.48. The van der Waals surface area contributed by atoms with E-state index >= 15 is 0 Å². The van der Waals surface area contributed by atoms with Crippen molar-refractivity contribution in [1.29, 1.82) is 0 Å². The van der Waals surface area contributed by atoms with Gasteiger partial charge in [-0.25, -0.2) is 0 Å². The van der Waals surface area contributed by atoms with E-state index in [9.17, 15) is 0 Å². The molecule has 0 spiro atoms. The molecule has 0 aliphatic carbocycles. The van der Waals surface area contributed by atoms with Crippen molar-refractivity contribution in [2.24, 2.45) is 0 Å².